The van der Waals surface area contributed by atoms with Crippen LogP contribution in [0.1, 0.15) is 49.1 Å². The molecule has 0 amide bonds. The van der Waals surface area contributed by atoms with Gasteiger partial charge in [0.05, 0.1) is 11.6 Å². The number of benzene rings is 4. The molecule has 7 rings (SSSR count). The van der Waals surface area contributed by atoms with Crippen molar-refractivity contribution in [2.45, 2.75) is 62.6 Å². The summed E-state index contributed by atoms with van der Waals surface area (Å²) in [6.07, 6.45) is -1.88. The van der Waals surface area contributed by atoms with E-state index in [2.05, 4.69) is 77.7 Å². The van der Waals surface area contributed by atoms with Gasteiger partial charge in [-0.1, -0.05) is 109 Å². The third-order valence-corrected chi connectivity index (χ3v) is 9.18. The molecular weight excluding hydrogens is 538 g/mol. The van der Waals surface area contributed by atoms with E-state index in [-0.39, 0.29) is 18.2 Å². The minimum absolute atomic E-state index is 0.200. The summed E-state index contributed by atoms with van der Waals surface area (Å²) in [7, 11) is 1.54. The summed E-state index contributed by atoms with van der Waals surface area (Å²) < 4.78 is 25.1. The number of nitrogens with zero attached hydrogens (tertiary/aromatic N) is 1. The molecule has 0 unspecified atom stereocenters. The molecule has 5 atom stereocenters. The van der Waals surface area contributed by atoms with E-state index >= 15 is 0 Å². The minimum atomic E-state index is -0.831. The Bertz CT molecular complexity index is 1580. The highest BCUT2D eigenvalue weighted by Gasteiger charge is 2.62. The van der Waals surface area contributed by atoms with Crippen molar-refractivity contribution in [3.63, 3.8) is 0 Å². The molecule has 0 aromatic heterocycles. The summed E-state index contributed by atoms with van der Waals surface area (Å²) in [4.78, 5) is 16.2. The number of esters is 1. The number of ether oxygens (including phenoxy) is 4. The van der Waals surface area contributed by atoms with Gasteiger partial charge in [-0.25, -0.2) is 4.79 Å². The Hall–Kier alpha value is -3.81. The van der Waals surface area contributed by atoms with Gasteiger partial charge in [-0.3, -0.25) is 4.90 Å². The second-order valence-corrected chi connectivity index (χ2v) is 12.1. The number of fused-ring (bicyclic) bond motifs is 4. The van der Waals surface area contributed by atoms with Crippen molar-refractivity contribution in [1.82, 2.24) is 4.90 Å². The van der Waals surface area contributed by atoms with Crippen molar-refractivity contribution >= 4 is 5.97 Å². The van der Waals surface area contributed by atoms with Crippen LogP contribution in [0.4, 0.5) is 0 Å². The number of hydrogen-bond donors (Lipinski definition) is 0. The molecular formula is C37H37NO5. The van der Waals surface area contributed by atoms with Crippen LogP contribution in [0.2, 0.25) is 0 Å². The zero-order valence-corrected chi connectivity index (χ0v) is 25.0. The van der Waals surface area contributed by atoms with Gasteiger partial charge in [0.1, 0.15) is 18.3 Å². The molecule has 3 aliphatic rings. The zero-order valence-electron chi connectivity index (χ0n) is 25.0. The van der Waals surface area contributed by atoms with E-state index in [9.17, 15) is 4.79 Å². The van der Waals surface area contributed by atoms with Crippen LogP contribution >= 0.6 is 0 Å². The monoisotopic (exact) mass is 575 g/mol. The second-order valence-electron chi connectivity index (χ2n) is 12.1. The fourth-order valence-electron chi connectivity index (χ4n) is 7.66. The van der Waals surface area contributed by atoms with Crippen LogP contribution in [0, 0.1) is 0 Å². The highest BCUT2D eigenvalue weighted by atomic mass is 16.8. The van der Waals surface area contributed by atoms with E-state index in [0.29, 0.717) is 6.54 Å². The number of rotatable bonds is 7. The van der Waals surface area contributed by atoms with E-state index in [1.165, 1.54) is 29.4 Å². The lowest BCUT2D eigenvalue weighted by Crippen LogP contribution is -2.56. The van der Waals surface area contributed by atoms with Crippen LogP contribution in [-0.4, -0.2) is 54.7 Å². The maximum Gasteiger partial charge on any atom is 0.340 e. The molecule has 220 valence electrons. The predicted molar refractivity (Wildman–Crippen MR) is 164 cm³/mol. The number of carbonyl (C=O) groups excluding carboxylic acids is 1. The van der Waals surface area contributed by atoms with Gasteiger partial charge in [0.25, 0.3) is 0 Å². The average molecular weight is 576 g/mol. The molecule has 1 aliphatic carbocycles. The molecule has 0 N–H and O–H groups in total. The lowest BCUT2D eigenvalue weighted by Gasteiger charge is -2.47. The zero-order chi connectivity index (χ0) is 29.8. The van der Waals surface area contributed by atoms with Gasteiger partial charge in [0, 0.05) is 13.7 Å². The van der Waals surface area contributed by atoms with Gasteiger partial charge in [0.2, 0.25) is 0 Å². The minimum Gasteiger partial charge on any atom is -0.459 e. The first-order chi connectivity index (χ1) is 20.8. The van der Waals surface area contributed by atoms with Gasteiger partial charge in [0.15, 0.2) is 11.9 Å². The quantitative estimate of drug-likeness (QED) is 0.235. The Kier molecular flexibility index (Phi) is 6.98. The Morgan fingerprint density at radius 1 is 0.814 bits per heavy atom. The number of methoxy groups -OCH3 is 1. The maximum atomic E-state index is 13.7. The molecule has 0 saturated carbocycles. The lowest BCUT2D eigenvalue weighted by molar-refractivity contribution is -0.181. The fraction of sp³-hybridized carbons (Fsp3) is 0.324. The maximum absolute atomic E-state index is 13.7. The van der Waals surface area contributed by atoms with Crippen LogP contribution in [0.25, 0.3) is 11.1 Å². The van der Waals surface area contributed by atoms with Crippen molar-refractivity contribution in [2.24, 2.45) is 0 Å². The SMILES string of the molecule is CO[C@@H](C(=O)O[C@@H](C)[C@@H]1[C@@H]2OC(C)(C)O[C@@H]2CN1C1(c2ccccc2)c2ccccc2-c2ccccc21)c1ccccc1. The summed E-state index contributed by atoms with van der Waals surface area (Å²) >= 11 is 0. The van der Waals surface area contributed by atoms with Gasteiger partial charge in [-0.2, -0.15) is 0 Å². The van der Waals surface area contributed by atoms with Crippen molar-refractivity contribution in [2.75, 3.05) is 13.7 Å². The lowest BCUT2D eigenvalue weighted by atomic mass is 9.78. The van der Waals surface area contributed by atoms with Crippen molar-refractivity contribution in [3.8, 4) is 11.1 Å². The Morgan fingerprint density at radius 3 is 1.98 bits per heavy atom. The molecule has 2 saturated heterocycles. The molecule has 0 radical (unpaired) electrons. The molecule has 0 bridgehead atoms. The van der Waals surface area contributed by atoms with Crippen molar-refractivity contribution < 1.29 is 23.7 Å². The molecule has 4 aromatic carbocycles. The molecule has 0 spiro atoms. The van der Waals surface area contributed by atoms with E-state index in [1.807, 2.05) is 57.2 Å². The van der Waals surface area contributed by atoms with Gasteiger partial charge < -0.3 is 18.9 Å². The number of likely N-dealkylation sites (tertiary alicyclic amines) is 1. The fourth-order valence-corrected chi connectivity index (χ4v) is 7.66. The topological polar surface area (TPSA) is 57.2 Å². The molecule has 2 aliphatic heterocycles. The van der Waals surface area contributed by atoms with Gasteiger partial charge >= 0.3 is 5.97 Å². The largest absolute Gasteiger partial charge is 0.459 e. The third kappa shape index (κ3) is 4.44. The molecule has 4 aromatic rings. The average Bonchev–Trinajstić information content (AvgIpc) is 3.62. The highest BCUT2D eigenvalue weighted by molar-refractivity contribution is 5.83. The smallest absolute Gasteiger partial charge is 0.340 e. The summed E-state index contributed by atoms with van der Waals surface area (Å²) in [5.74, 6) is -1.17. The molecule has 6 heteroatoms. The van der Waals surface area contributed by atoms with Crippen LogP contribution in [-0.2, 0) is 29.3 Å². The summed E-state index contributed by atoms with van der Waals surface area (Å²) in [6.45, 7) is 6.47. The number of hydrogen-bond acceptors (Lipinski definition) is 6. The van der Waals surface area contributed by atoms with E-state index in [0.717, 1.165) is 11.1 Å². The summed E-state index contributed by atoms with van der Waals surface area (Å²) in [5.41, 5.74) is 6.05. The van der Waals surface area contributed by atoms with Crippen LogP contribution in [0.5, 0.6) is 0 Å². The predicted octanol–water partition coefficient (Wildman–Crippen LogP) is 6.48. The third-order valence-electron chi connectivity index (χ3n) is 9.18. The first kappa shape index (κ1) is 28.0. The van der Waals surface area contributed by atoms with Crippen molar-refractivity contribution in [1.29, 1.82) is 0 Å². The second kappa shape index (κ2) is 10.7. The Balaban J connectivity index is 1.37. The first-order valence-corrected chi connectivity index (χ1v) is 15.0. The Morgan fingerprint density at radius 2 is 1.37 bits per heavy atom. The molecule has 43 heavy (non-hydrogen) atoms. The standard InChI is InChI=1S/C37H37NO5/c1-24(41-35(39)33(40-4)25-15-7-5-8-16-25)32-34-31(42-36(2,3)43-34)23-38(32)37(26-17-9-6-10-18-26)29-21-13-11-19-27(29)28-20-12-14-22-30(28)37/h5-22,24,31-34H,23H2,1-4H3/t24-,31+,32+,33+,34+/m0/s1. The highest BCUT2D eigenvalue weighted by Crippen LogP contribution is 2.57. The van der Waals surface area contributed by atoms with Crippen LogP contribution in [0.3, 0.4) is 0 Å². The summed E-state index contributed by atoms with van der Waals surface area (Å²) in [5, 5.41) is 0. The van der Waals surface area contributed by atoms with Gasteiger partial charge in [-0.15, -0.1) is 0 Å². The molecule has 2 fully saturated rings. The van der Waals surface area contributed by atoms with E-state index < -0.39 is 29.5 Å². The Labute approximate surface area is 253 Å². The molecule has 2 heterocycles. The number of carbonyl (C=O) groups is 1. The van der Waals surface area contributed by atoms with E-state index in [4.69, 9.17) is 18.9 Å². The normalized spacial score (nSPS) is 24.5. The van der Waals surface area contributed by atoms with Crippen molar-refractivity contribution in [3.05, 3.63) is 131 Å². The van der Waals surface area contributed by atoms with Crippen LogP contribution in [0.15, 0.2) is 109 Å². The van der Waals surface area contributed by atoms with Gasteiger partial charge in [-0.05, 0) is 54.2 Å². The summed E-state index contributed by atoms with van der Waals surface area (Å²) in [6, 6.07) is 37.1. The van der Waals surface area contributed by atoms with Crippen LogP contribution < -0.4 is 0 Å². The first-order valence-electron chi connectivity index (χ1n) is 15.0. The van der Waals surface area contributed by atoms with E-state index in [1.54, 1.807) is 0 Å². The molecule has 6 nitrogen and oxygen atoms in total.